The lowest BCUT2D eigenvalue weighted by Crippen LogP contribution is -2.30. The average molecular weight is 365 g/mol. The van der Waals surface area contributed by atoms with Crippen LogP contribution in [0.25, 0.3) is 0 Å². The summed E-state index contributed by atoms with van der Waals surface area (Å²) in [6, 6.07) is 14.6. The normalized spacial score (nSPS) is 15.5. The number of hydrogen-bond acceptors (Lipinski definition) is 3. The summed E-state index contributed by atoms with van der Waals surface area (Å²) in [4.78, 5) is 38.0. The molecule has 0 radical (unpaired) electrons. The number of nitrogens with zero attached hydrogens (tertiary/aromatic N) is 1. The predicted molar refractivity (Wildman–Crippen MR) is 105 cm³/mol. The fraction of sp³-hybridized carbons (Fsp3) is 0.286. The fourth-order valence-electron chi connectivity index (χ4n) is 3.16. The van der Waals surface area contributed by atoms with E-state index in [0.717, 1.165) is 11.3 Å². The smallest absolute Gasteiger partial charge is 0.253 e. The number of carbonyl (C=O) groups excluding carboxylic acids is 3. The van der Waals surface area contributed by atoms with E-state index in [4.69, 9.17) is 0 Å². The lowest BCUT2D eigenvalue weighted by Gasteiger charge is -2.24. The van der Waals surface area contributed by atoms with Crippen molar-refractivity contribution in [2.45, 2.75) is 19.3 Å². The van der Waals surface area contributed by atoms with E-state index in [2.05, 4.69) is 10.6 Å². The maximum Gasteiger partial charge on any atom is 0.253 e. The maximum absolute atomic E-state index is 12.3. The van der Waals surface area contributed by atoms with Crippen molar-refractivity contribution in [2.24, 2.45) is 5.92 Å². The first-order valence-corrected chi connectivity index (χ1v) is 8.94. The molecule has 2 aromatic carbocycles. The van der Waals surface area contributed by atoms with Crippen LogP contribution in [-0.4, -0.2) is 36.7 Å². The number of hydrogen-bond donors (Lipinski definition) is 2. The molecule has 1 heterocycles. The fourth-order valence-corrected chi connectivity index (χ4v) is 3.16. The Bertz CT molecular complexity index is 876. The molecule has 0 saturated heterocycles. The van der Waals surface area contributed by atoms with E-state index >= 15 is 0 Å². The van der Waals surface area contributed by atoms with Gasteiger partial charge in [-0.1, -0.05) is 24.3 Å². The van der Waals surface area contributed by atoms with Gasteiger partial charge in [0.1, 0.15) is 0 Å². The van der Waals surface area contributed by atoms with Gasteiger partial charge in [0.25, 0.3) is 5.91 Å². The third kappa shape index (κ3) is 4.53. The van der Waals surface area contributed by atoms with Crippen LogP contribution in [0.15, 0.2) is 48.5 Å². The van der Waals surface area contributed by atoms with Crippen LogP contribution < -0.4 is 10.6 Å². The molecule has 6 nitrogen and oxygen atoms in total. The predicted octanol–water partition coefficient (Wildman–Crippen LogP) is 2.92. The van der Waals surface area contributed by atoms with Crippen molar-refractivity contribution in [2.75, 3.05) is 24.7 Å². The van der Waals surface area contributed by atoms with E-state index in [1.807, 2.05) is 24.3 Å². The first kappa shape index (κ1) is 18.6. The van der Waals surface area contributed by atoms with Crippen molar-refractivity contribution in [3.05, 3.63) is 59.7 Å². The number of para-hydroxylation sites is 1. The van der Waals surface area contributed by atoms with E-state index in [0.29, 0.717) is 24.1 Å². The molecule has 0 aliphatic carbocycles. The van der Waals surface area contributed by atoms with Gasteiger partial charge in [0.2, 0.25) is 11.8 Å². The van der Waals surface area contributed by atoms with Crippen molar-refractivity contribution < 1.29 is 14.4 Å². The Kier molecular flexibility index (Phi) is 5.54. The molecule has 2 aromatic rings. The second-order valence-corrected chi connectivity index (χ2v) is 6.91. The summed E-state index contributed by atoms with van der Waals surface area (Å²) in [5, 5.41) is 5.71. The summed E-state index contributed by atoms with van der Waals surface area (Å²) < 4.78 is 0. The Hall–Kier alpha value is -3.15. The number of carbonyl (C=O) groups is 3. The molecule has 0 bridgehead atoms. The molecule has 6 heteroatoms. The van der Waals surface area contributed by atoms with Gasteiger partial charge in [-0.05, 0) is 42.7 Å². The Balaban J connectivity index is 1.57. The zero-order valence-electron chi connectivity index (χ0n) is 15.5. The Labute approximate surface area is 158 Å². The van der Waals surface area contributed by atoms with Crippen LogP contribution in [0.2, 0.25) is 0 Å². The third-order valence-corrected chi connectivity index (χ3v) is 4.63. The van der Waals surface area contributed by atoms with Gasteiger partial charge in [0.15, 0.2) is 0 Å². The highest BCUT2D eigenvalue weighted by Crippen LogP contribution is 2.27. The number of anilines is 2. The summed E-state index contributed by atoms with van der Waals surface area (Å²) >= 11 is 0. The highest BCUT2D eigenvalue weighted by Gasteiger charge is 2.26. The molecular weight excluding hydrogens is 342 g/mol. The van der Waals surface area contributed by atoms with Crippen LogP contribution >= 0.6 is 0 Å². The minimum atomic E-state index is -0.215. The number of rotatable bonds is 5. The topological polar surface area (TPSA) is 78.5 Å². The minimum absolute atomic E-state index is 0.0416. The largest absolute Gasteiger partial charge is 0.345 e. The van der Waals surface area contributed by atoms with Crippen molar-refractivity contribution >= 4 is 29.1 Å². The van der Waals surface area contributed by atoms with Gasteiger partial charge >= 0.3 is 0 Å². The Morgan fingerprint density at radius 2 is 1.93 bits per heavy atom. The zero-order chi connectivity index (χ0) is 19.4. The quantitative estimate of drug-likeness (QED) is 0.855. The molecule has 1 aliphatic rings. The van der Waals surface area contributed by atoms with Crippen LogP contribution in [0.3, 0.4) is 0 Å². The van der Waals surface area contributed by atoms with E-state index < -0.39 is 0 Å². The molecular formula is C21H23N3O3. The molecule has 0 unspecified atom stereocenters. The second kappa shape index (κ2) is 8.03. The number of fused-ring (bicyclic) bond motifs is 1. The highest BCUT2D eigenvalue weighted by atomic mass is 16.2. The summed E-state index contributed by atoms with van der Waals surface area (Å²) in [6.07, 6.45) is 1.36. The summed E-state index contributed by atoms with van der Waals surface area (Å²) in [5.74, 6) is -0.549. The molecule has 140 valence electrons. The summed E-state index contributed by atoms with van der Waals surface area (Å²) in [5.41, 5.74) is 3.04. The zero-order valence-corrected chi connectivity index (χ0v) is 15.5. The molecule has 0 fully saturated rings. The lowest BCUT2D eigenvalue weighted by molar-refractivity contribution is -0.121. The molecule has 0 saturated carbocycles. The second-order valence-electron chi connectivity index (χ2n) is 6.91. The molecule has 1 atom stereocenters. The average Bonchev–Trinajstić information content (AvgIpc) is 2.65. The van der Waals surface area contributed by atoms with Gasteiger partial charge in [-0.3, -0.25) is 14.4 Å². The van der Waals surface area contributed by atoms with Crippen molar-refractivity contribution in [3.63, 3.8) is 0 Å². The van der Waals surface area contributed by atoms with Crippen LogP contribution in [0.5, 0.6) is 0 Å². The first-order valence-electron chi connectivity index (χ1n) is 8.94. The minimum Gasteiger partial charge on any atom is -0.345 e. The van der Waals surface area contributed by atoms with Crippen LogP contribution in [-0.2, 0) is 16.0 Å². The molecule has 0 spiro atoms. The Morgan fingerprint density at radius 1 is 1.15 bits per heavy atom. The van der Waals surface area contributed by atoms with Crippen LogP contribution in [0.1, 0.15) is 28.8 Å². The van der Waals surface area contributed by atoms with E-state index in [9.17, 15) is 14.4 Å². The maximum atomic E-state index is 12.3. The van der Waals surface area contributed by atoms with Crippen molar-refractivity contribution in [1.82, 2.24) is 4.90 Å². The van der Waals surface area contributed by atoms with Crippen LogP contribution in [0.4, 0.5) is 11.4 Å². The first-order chi connectivity index (χ1) is 12.9. The van der Waals surface area contributed by atoms with Crippen molar-refractivity contribution in [3.8, 4) is 0 Å². The van der Waals surface area contributed by atoms with Crippen LogP contribution in [0, 0.1) is 5.92 Å². The van der Waals surface area contributed by atoms with E-state index in [-0.39, 0.29) is 30.1 Å². The lowest BCUT2D eigenvalue weighted by atomic mass is 9.89. The standard InChI is InChI=1S/C21H23N3O3/c1-24(2)21(27)16-7-5-8-17(13-16)22-19(25)11-10-15-12-14-6-3-4-9-18(14)23-20(15)26/h3-9,13,15H,10-12H2,1-2H3,(H,22,25)(H,23,26)/t15-/m1/s1. The number of nitrogens with one attached hydrogen (secondary N) is 2. The third-order valence-electron chi connectivity index (χ3n) is 4.63. The van der Waals surface area contributed by atoms with Gasteiger partial charge in [0.05, 0.1) is 0 Å². The molecule has 1 aliphatic heterocycles. The molecule has 2 N–H and O–H groups in total. The van der Waals surface area contributed by atoms with Gasteiger partial charge in [-0.15, -0.1) is 0 Å². The molecule has 3 amide bonds. The van der Waals surface area contributed by atoms with Gasteiger partial charge in [-0.25, -0.2) is 0 Å². The van der Waals surface area contributed by atoms with Gasteiger partial charge in [0, 0.05) is 43.4 Å². The van der Waals surface area contributed by atoms with Crippen molar-refractivity contribution in [1.29, 1.82) is 0 Å². The molecule has 3 rings (SSSR count). The molecule has 27 heavy (non-hydrogen) atoms. The molecule has 0 aromatic heterocycles. The highest BCUT2D eigenvalue weighted by molar-refractivity contribution is 5.98. The Morgan fingerprint density at radius 3 is 2.70 bits per heavy atom. The SMILES string of the molecule is CN(C)C(=O)c1cccc(NC(=O)CC[C@@H]2Cc3ccccc3NC2=O)c1. The summed E-state index contributed by atoms with van der Waals surface area (Å²) in [6.45, 7) is 0. The number of benzene rings is 2. The monoisotopic (exact) mass is 365 g/mol. The number of amides is 3. The van der Waals surface area contributed by atoms with E-state index in [1.165, 1.54) is 4.90 Å². The van der Waals surface area contributed by atoms with E-state index in [1.54, 1.807) is 38.4 Å². The van der Waals surface area contributed by atoms with Gasteiger partial charge in [-0.2, -0.15) is 0 Å². The van der Waals surface area contributed by atoms with Gasteiger partial charge < -0.3 is 15.5 Å². The summed E-state index contributed by atoms with van der Waals surface area (Å²) in [7, 11) is 3.36.